The summed E-state index contributed by atoms with van der Waals surface area (Å²) in [5.41, 5.74) is -1.56. The topological polar surface area (TPSA) is 92.7 Å². The van der Waals surface area contributed by atoms with E-state index in [1.807, 2.05) is 0 Å². The molecule has 0 radical (unpaired) electrons. The van der Waals surface area contributed by atoms with Crippen LogP contribution < -0.4 is 0 Å². The number of ether oxygens (including phenoxy) is 2. The van der Waals surface area contributed by atoms with Gasteiger partial charge in [-0.25, -0.2) is 13.2 Å². The molecule has 1 unspecified atom stereocenters. The van der Waals surface area contributed by atoms with Crippen molar-refractivity contribution < 1.29 is 27.2 Å². The molecule has 0 N–H and O–H groups in total. The Hall–Kier alpha value is -0.820. The second-order valence-corrected chi connectivity index (χ2v) is 10.8. The van der Waals surface area contributed by atoms with Gasteiger partial charge in [-0.15, -0.1) is 0 Å². The van der Waals surface area contributed by atoms with Gasteiger partial charge >= 0.3 is 6.16 Å². The van der Waals surface area contributed by atoms with Gasteiger partial charge in [-0.3, -0.25) is 0 Å². The fraction of sp³-hybridized carbons (Fsp3) is 0.947. The smallest absolute Gasteiger partial charge is 0.509 e. The normalized spacial score (nSPS) is 38.1. The Morgan fingerprint density at radius 1 is 1.00 bits per heavy atom. The highest BCUT2D eigenvalue weighted by molar-refractivity contribution is 7.86. The van der Waals surface area contributed by atoms with Gasteiger partial charge in [-0.05, 0) is 69.1 Å². The van der Waals surface area contributed by atoms with Crippen LogP contribution in [-0.4, -0.2) is 31.2 Å². The van der Waals surface area contributed by atoms with Gasteiger partial charge in [0.15, 0.2) is 5.44 Å². The molecule has 26 heavy (non-hydrogen) atoms. The van der Waals surface area contributed by atoms with E-state index in [0.717, 1.165) is 56.3 Å². The fourth-order valence-electron chi connectivity index (χ4n) is 6.60. The Morgan fingerprint density at radius 2 is 1.54 bits per heavy atom. The lowest BCUT2D eigenvalue weighted by Crippen LogP contribution is -2.48. The highest BCUT2D eigenvalue weighted by atomic mass is 32.2. The van der Waals surface area contributed by atoms with Gasteiger partial charge in [-0.1, -0.05) is 19.3 Å². The second kappa shape index (κ2) is 6.97. The maximum Gasteiger partial charge on any atom is 0.509 e. The van der Waals surface area contributed by atoms with Gasteiger partial charge in [-0.2, -0.15) is 0 Å². The summed E-state index contributed by atoms with van der Waals surface area (Å²) in [5.74, 6) is 1.84. The van der Waals surface area contributed by atoms with Crippen molar-refractivity contribution in [3.05, 3.63) is 0 Å². The lowest BCUT2D eigenvalue weighted by atomic mass is 9.50. The van der Waals surface area contributed by atoms with E-state index in [1.165, 1.54) is 19.3 Å². The van der Waals surface area contributed by atoms with Crippen LogP contribution in [0.3, 0.4) is 0 Å². The van der Waals surface area contributed by atoms with E-state index < -0.39 is 27.6 Å². The quantitative estimate of drug-likeness (QED) is 0.528. The third-order valence-corrected chi connectivity index (χ3v) is 8.24. The van der Waals surface area contributed by atoms with Gasteiger partial charge in [0.25, 0.3) is 0 Å². The maximum absolute atomic E-state index is 12.2. The van der Waals surface area contributed by atoms with Gasteiger partial charge in [0.05, 0.1) is 0 Å². The molecule has 5 aliphatic rings. The summed E-state index contributed by atoms with van der Waals surface area (Å²) in [5, 5.41) is 0. The third kappa shape index (κ3) is 3.88. The molecule has 5 rings (SSSR count). The molecule has 0 aromatic rings. The molecule has 5 saturated carbocycles. The van der Waals surface area contributed by atoms with Crippen LogP contribution in [0.25, 0.3) is 0 Å². The number of hydrogen-bond donors (Lipinski definition) is 0. The minimum atomic E-state index is -4.70. The molecule has 4 bridgehead atoms. The van der Waals surface area contributed by atoms with Crippen molar-refractivity contribution >= 4 is 16.3 Å². The lowest BCUT2D eigenvalue weighted by Gasteiger charge is -2.56. The predicted molar refractivity (Wildman–Crippen MR) is 93.1 cm³/mol. The van der Waals surface area contributed by atoms with Gasteiger partial charge in [0.1, 0.15) is 16.7 Å². The van der Waals surface area contributed by atoms with Crippen LogP contribution >= 0.6 is 0 Å². The zero-order valence-electron chi connectivity index (χ0n) is 15.2. The average Bonchev–Trinajstić information content (AvgIpc) is 2.56. The summed E-state index contributed by atoms with van der Waals surface area (Å²) < 4.78 is 45.2. The standard InChI is InChI=1S/C19H30O6S/c20-18(25-17(26(21,22)23)16-4-2-1-3-5-16)24-12-19-9-13-6-14(10-19)8-15(7-13)11-19/h13-17H,1-12H2,(H,21,22,23)/p-1. The first kappa shape index (κ1) is 18.5. The molecule has 0 aromatic heterocycles. The van der Waals surface area contributed by atoms with E-state index >= 15 is 0 Å². The number of carbonyl (C=O) groups is 1. The molecule has 0 spiro atoms. The van der Waals surface area contributed by atoms with E-state index in [9.17, 15) is 17.8 Å². The molecule has 148 valence electrons. The van der Waals surface area contributed by atoms with Gasteiger partial charge in [0, 0.05) is 11.3 Å². The lowest BCUT2D eigenvalue weighted by molar-refractivity contribution is -0.0924. The van der Waals surface area contributed by atoms with Crippen LogP contribution in [0.4, 0.5) is 4.79 Å². The van der Waals surface area contributed by atoms with Crippen LogP contribution in [0.1, 0.15) is 70.6 Å². The molecule has 6 nitrogen and oxygen atoms in total. The zero-order chi connectivity index (χ0) is 18.4. The average molecular weight is 386 g/mol. The van der Waals surface area contributed by atoms with Crippen molar-refractivity contribution in [1.29, 1.82) is 0 Å². The summed E-state index contributed by atoms with van der Waals surface area (Å²) in [6.45, 7) is 0.297. The highest BCUT2D eigenvalue weighted by Crippen LogP contribution is 2.60. The van der Waals surface area contributed by atoms with Crippen molar-refractivity contribution in [2.45, 2.75) is 76.1 Å². The van der Waals surface area contributed by atoms with Crippen molar-refractivity contribution in [2.24, 2.45) is 29.1 Å². The molecular weight excluding hydrogens is 356 g/mol. The molecular formula is C19H29O6S-. The Morgan fingerprint density at radius 3 is 2.04 bits per heavy atom. The third-order valence-electron chi connectivity index (χ3n) is 7.19. The van der Waals surface area contributed by atoms with E-state index in [0.29, 0.717) is 19.4 Å². The first-order chi connectivity index (χ1) is 12.3. The monoisotopic (exact) mass is 385 g/mol. The molecule has 7 heteroatoms. The van der Waals surface area contributed by atoms with Crippen molar-refractivity contribution in [1.82, 2.24) is 0 Å². The summed E-state index contributed by atoms with van der Waals surface area (Å²) in [4.78, 5) is 12.2. The SMILES string of the molecule is O=C(OCC12CC3CC(CC(C3)C1)C2)OC(C1CCCCC1)S(=O)(=O)[O-]. The van der Waals surface area contributed by atoms with Gasteiger partial charge in [0.2, 0.25) is 0 Å². The van der Waals surface area contributed by atoms with Crippen molar-refractivity contribution in [3.63, 3.8) is 0 Å². The highest BCUT2D eigenvalue weighted by Gasteiger charge is 2.51. The maximum atomic E-state index is 12.2. The summed E-state index contributed by atoms with van der Waals surface area (Å²) in [6, 6.07) is 0. The number of carbonyl (C=O) groups excluding carboxylic acids is 1. The van der Waals surface area contributed by atoms with E-state index in [1.54, 1.807) is 0 Å². The number of hydrogen-bond acceptors (Lipinski definition) is 6. The second-order valence-electron chi connectivity index (χ2n) is 9.33. The fourth-order valence-corrected chi connectivity index (χ4v) is 7.54. The van der Waals surface area contributed by atoms with Crippen LogP contribution in [-0.2, 0) is 19.6 Å². The summed E-state index contributed by atoms with van der Waals surface area (Å²) in [6.07, 6.45) is 10.2. The molecule has 0 heterocycles. The molecule has 0 aliphatic heterocycles. The predicted octanol–water partition coefficient (Wildman–Crippen LogP) is 3.81. The van der Waals surface area contributed by atoms with E-state index in [-0.39, 0.29) is 5.41 Å². The Balaban J connectivity index is 1.35. The first-order valence-corrected chi connectivity index (χ1v) is 11.6. The Bertz CT molecular complexity index is 601. The molecule has 5 fully saturated rings. The molecule has 0 saturated heterocycles. The van der Waals surface area contributed by atoms with Crippen LogP contribution in [0.2, 0.25) is 0 Å². The Labute approximate surface area is 155 Å². The van der Waals surface area contributed by atoms with E-state index in [2.05, 4.69) is 0 Å². The van der Waals surface area contributed by atoms with Crippen LogP contribution in [0.15, 0.2) is 0 Å². The van der Waals surface area contributed by atoms with Crippen molar-refractivity contribution in [2.75, 3.05) is 6.61 Å². The van der Waals surface area contributed by atoms with E-state index in [4.69, 9.17) is 9.47 Å². The first-order valence-electron chi connectivity index (χ1n) is 10.1. The minimum absolute atomic E-state index is 0.0461. The largest absolute Gasteiger partial charge is 0.745 e. The van der Waals surface area contributed by atoms with Crippen LogP contribution in [0.5, 0.6) is 0 Å². The van der Waals surface area contributed by atoms with Crippen LogP contribution in [0, 0.1) is 29.1 Å². The number of rotatable bonds is 5. The van der Waals surface area contributed by atoms with Crippen molar-refractivity contribution in [3.8, 4) is 0 Å². The molecule has 1 atom stereocenters. The zero-order valence-corrected chi connectivity index (χ0v) is 16.0. The Kier molecular flexibility index (Phi) is 4.97. The summed E-state index contributed by atoms with van der Waals surface area (Å²) >= 11 is 0. The summed E-state index contributed by atoms with van der Waals surface area (Å²) in [7, 11) is -4.70. The van der Waals surface area contributed by atoms with Gasteiger partial charge < -0.3 is 14.0 Å². The minimum Gasteiger partial charge on any atom is -0.745 e. The molecule has 5 aliphatic carbocycles. The molecule has 0 amide bonds. The molecule has 0 aromatic carbocycles.